The predicted molar refractivity (Wildman–Crippen MR) is 141 cm³/mol. The minimum Gasteiger partial charge on any atom is -0.489 e. The third-order valence-electron chi connectivity index (χ3n) is 5.40. The van der Waals surface area contributed by atoms with Crippen LogP contribution in [0.4, 0.5) is 0 Å². The number of fused-ring (bicyclic) bond motifs is 1. The van der Waals surface area contributed by atoms with Crippen LogP contribution < -0.4 is 19.8 Å². The molecule has 5 nitrogen and oxygen atoms in total. The predicted octanol–water partition coefficient (Wildman–Crippen LogP) is 8.22. The van der Waals surface area contributed by atoms with Crippen LogP contribution >= 0.6 is 0 Å². The zero-order valence-corrected chi connectivity index (χ0v) is 21.9. The van der Waals surface area contributed by atoms with Crippen molar-refractivity contribution < 1.29 is 18.6 Å². The molecule has 0 spiro atoms. The topological polar surface area (TPSA) is 57.9 Å². The Balaban J connectivity index is 2.21. The van der Waals surface area contributed by atoms with E-state index in [9.17, 15) is 4.79 Å². The van der Waals surface area contributed by atoms with Crippen molar-refractivity contribution in [2.45, 2.75) is 104 Å². The highest BCUT2D eigenvalue weighted by molar-refractivity contribution is 5.91. The third-order valence-corrected chi connectivity index (χ3v) is 5.40. The van der Waals surface area contributed by atoms with Crippen LogP contribution in [-0.2, 0) is 0 Å². The summed E-state index contributed by atoms with van der Waals surface area (Å²) in [7, 11) is 0. The highest BCUT2D eigenvalue weighted by Gasteiger charge is 2.23. The van der Waals surface area contributed by atoms with Gasteiger partial charge in [-0.15, -0.1) is 0 Å². The van der Waals surface area contributed by atoms with Gasteiger partial charge in [-0.2, -0.15) is 0 Å². The molecule has 0 unspecified atom stereocenters. The van der Waals surface area contributed by atoms with Gasteiger partial charge in [0.25, 0.3) is 0 Å². The summed E-state index contributed by atoms with van der Waals surface area (Å²) in [4.78, 5) is 12.8. The number of benzene rings is 1. The summed E-state index contributed by atoms with van der Waals surface area (Å²) in [6, 6.07) is 5.47. The molecule has 34 heavy (non-hydrogen) atoms. The van der Waals surface area contributed by atoms with Gasteiger partial charge in [-0.05, 0) is 52.2 Å². The summed E-state index contributed by atoms with van der Waals surface area (Å²) in [6.07, 6.45) is 15.5. The molecule has 0 aliphatic heterocycles. The summed E-state index contributed by atoms with van der Waals surface area (Å²) >= 11 is 0. The van der Waals surface area contributed by atoms with Crippen molar-refractivity contribution in [3.63, 3.8) is 0 Å². The lowest BCUT2D eigenvalue weighted by Gasteiger charge is -2.23. The lowest BCUT2D eigenvalue weighted by atomic mass is 10.1. The van der Waals surface area contributed by atoms with E-state index < -0.39 is 11.2 Å². The second kappa shape index (κ2) is 14.7. The van der Waals surface area contributed by atoms with Gasteiger partial charge in [-0.1, -0.05) is 77.0 Å². The molecule has 0 saturated heterocycles. The van der Waals surface area contributed by atoms with Crippen LogP contribution in [0.15, 0.2) is 39.6 Å². The molecule has 0 amide bonds. The number of allylic oxidation sites excluding steroid dienone is 1. The second-order valence-electron chi connectivity index (χ2n) is 9.73. The molecular weight excluding hydrogens is 428 g/mol. The highest BCUT2D eigenvalue weighted by atomic mass is 16.5. The molecule has 0 fully saturated rings. The maximum atomic E-state index is 12.8. The van der Waals surface area contributed by atoms with Crippen LogP contribution in [0.3, 0.4) is 0 Å². The monoisotopic (exact) mass is 472 g/mol. The molecule has 0 aliphatic rings. The van der Waals surface area contributed by atoms with E-state index >= 15 is 0 Å². The van der Waals surface area contributed by atoms with Crippen LogP contribution in [0.1, 0.15) is 98.8 Å². The van der Waals surface area contributed by atoms with Crippen molar-refractivity contribution in [1.82, 2.24) is 0 Å². The number of hydrogen-bond donors (Lipinski definition) is 0. The quantitative estimate of drug-likeness (QED) is 0.140. The van der Waals surface area contributed by atoms with Gasteiger partial charge in [-0.25, -0.2) is 4.79 Å². The Bertz CT molecular complexity index is 936. The first kappa shape index (κ1) is 27.8. The van der Waals surface area contributed by atoms with Crippen LogP contribution in [0.5, 0.6) is 17.2 Å². The first-order chi connectivity index (χ1) is 16.4. The normalized spacial score (nSPS) is 11.9. The van der Waals surface area contributed by atoms with Gasteiger partial charge in [0.15, 0.2) is 5.75 Å². The lowest BCUT2D eigenvalue weighted by Crippen LogP contribution is -2.23. The molecule has 0 atom stereocenters. The molecule has 2 aromatic rings. The fourth-order valence-corrected chi connectivity index (χ4v) is 3.77. The van der Waals surface area contributed by atoms with Crippen molar-refractivity contribution in [3.05, 3.63) is 40.8 Å². The summed E-state index contributed by atoms with van der Waals surface area (Å²) < 4.78 is 23.9. The van der Waals surface area contributed by atoms with E-state index in [4.69, 9.17) is 18.6 Å². The van der Waals surface area contributed by atoms with Crippen molar-refractivity contribution >= 4 is 11.0 Å². The van der Waals surface area contributed by atoms with Crippen LogP contribution in [-0.4, -0.2) is 18.8 Å². The van der Waals surface area contributed by atoms with Gasteiger partial charge in [0.05, 0.1) is 13.2 Å². The summed E-state index contributed by atoms with van der Waals surface area (Å²) in [6.45, 7) is 11.2. The zero-order valence-electron chi connectivity index (χ0n) is 21.9. The Morgan fingerprint density at radius 3 is 2.21 bits per heavy atom. The fraction of sp³-hybridized carbons (Fsp3) is 0.621. The highest BCUT2D eigenvalue weighted by Crippen LogP contribution is 2.40. The summed E-state index contributed by atoms with van der Waals surface area (Å²) in [5.41, 5.74) is -0.493. The first-order valence-corrected chi connectivity index (χ1v) is 13.1. The largest absolute Gasteiger partial charge is 0.489 e. The van der Waals surface area contributed by atoms with Crippen molar-refractivity contribution in [2.24, 2.45) is 0 Å². The van der Waals surface area contributed by atoms with Crippen LogP contribution in [0.2, 0.25) is 0 Å². The Labute approximate surface area is 205 Å². The number of ether oxygens (including phenoxy) is 3. The molecule has 0 radical (unpaired) electrons. The molecule has 0 N–H and O–H groups in total. The number of hydrogen-bond acceptors (Lipinski definition) is 5. The Morgan fingerprint density at radius 1 is 0.853 bits per heavy atom. The molecular formula is C29H44O5. The molecule has 1 aromatic heterocycles. The van der Waals surface area contributed by atoms with Gasteiger partial charge in [-0.3, -0.25) is 0 Å². The molecule has 2 rings (SSSR count). The molecule has 0 saturated carbocycles. The van der Waals surface area contributed by atoms with Crippen LogP contribution in [0.25, 0.3) is 11.0 Å². The number of unbranched alkanes of at least 4 members (excludes halogenated alkanes) is 7. The molecule has 0 aliphatic carbocycles. The van der Waals surface area contributed by atoms with Crippen molar-refractivity contribution in [1.29, 1.82) is 0 Å². The lowest BCUT2D eigenvalue weighted by molar-refractivity contribution is 0.132. The van der Waals surface area contributed by atoms with E-state index in [1.54, 1.807) is 6.07 Å². The van der Waals surface area contributed by atoms with Gasteiger partial charge in [0.2, 0.25) is 5.75 Å². The maximum absolute atomic E-state index is 12.8. The number of rotatable bonds is 16. The van der Waals surface area contributed by atoms with Gasteiger partial charge >= 0.3 is 5.63 Å². The van der Waals surface area contributed by atoms with Gasteiger partial charge < -0.3 is 18.6 Å². The SMILES string of the molecule is CC/C=C/CCOc1c(OCCCCCCCCCC)c2c(OC(C)(C)C)cccc2oc1=O. The maximum Gasteiger partial charge on any atom is 0.383 e. The standard InChI is InChI=1S/C29H44O5/c1-6-8-10-12-13-14-15-17-21-31-26-25-23(19-18-20-24(25)34-29(3,4)5)33-28(30)27(26)32-22-16-11-9-7-2/h9,11,18-20H,6-8,10,12-17,21-22H2,1-5H3/b11-9+. The van der Waals surface area contributed by atoms with Crippen LogP contribution in [0, 0.1) is 0 Å². The minimum absolute atomic E-state index is 0.127. The van der Waals surface area contributed by atoms with E-state index in [-0.39, 0.29) is 5.75 Å². The van der Waals surface area contributed by atoms with E-state index in [1.807, 2.05) is 32.9 Å². The molecule has 5 heteroatoms. The second-order valence-corrected chi connectivity index (χ2v) is 9.73. The van der Waals surface area contributed by atoms with E-state index in [0.717, 1.165) is 19.3 Å². The van der Waals surface area contributed by atoms with E-state index in [2.05, 4.69) is 26.0 Å². The Kier molecular flexibility index (Phi) is 12.1. The Morgan fingerprint density at radius 2 is 1.53 bits per heavy atom. The first-order valence-electron chi connectivity index (χ1n) is 13.1. The third kappa shape index (κ3) is 9.44. The molecule has 0 bridgehead atoms. The molecule has 1 aromatic carbocycles. The fourth-order valence-electron chi connectivity index (χ4n) is 3.77. The molecule has 190 valence electrons. The average molecular weight is 473 g/mol. The van der Waals surface area contributed by atoms with Gasteiger partial charge in [0, 0.05) is 0 Å². The smallest absolute Gasteiger partial charge is 0.383 e. The summed E-state index contributed by atoms with van der Waals surface area (Å²) in [5, 5.41) is 0.649. The average Bonchev–Trinajstić information content (AvgIpc) is 2.78. The zero-order chi connectivity index (χ0) is 24.8. The van der Waals surface area contributed by atoms with Gasteiger partial charge in [0.1, 0.15) is 22.3 Å². The Hall–Kier alpha value is -2.43. The van der Waals surface area contributed by atoms with Crippen molar-refractivity contribution in [2.75, 3.05) is 13.2 Å². The van der Waals surface area contributed by atoms with E-state index in [1.165, 1.54) is 38.5 Å². The summed E-state index contributed by atoms with van der Waals surface area (Å²) in [5.74, 6) is 1.17. The van der Waals surface area contributed by atoms with E-state index in [0.29, 0.717) is 42.1 Å². The van der Waals surface area contributed by atoms with Crippen molar-refractivity contribution in [3.8, 4) is 17.2 Å². The molecule has 1 heterocycles. The minimum atomic E-state index is -0.522.